The van der Waals surface area contributed by atoms with E-state index < -0.39 is 0 Å². The number of aromatic nitrogens is 5. The molecule has 23 heavy (non-hydrogen) atoms. The first-order chi connectivity index (χ1) is 11.1. The monoisotopic (exact) mass is 314 g/mol. The second kappa shape index (κ2) is 6.39. The molecule has 0 saturated heterocycles. The molecule has 3 aromatic rings. The summed E-state index contributed by atoms with van der Waals surface area (Å²) < 4.78 is 16.6. The van der Waals surface area contributed by atoms with Crippen LogP contribution >= 0.6 is 0 Å². The second-order valence-corrected chi connectivity index (χ2v) is 5.06. The predicted molar refractivity (Wildman–Crippen MR) is 81.1 cm³/mol. The minimum atomic E-state index is -0.303. The van der Waals surface area contributed by atoms with Gasteiger partial charge in [0.05, 0.1) is 12.2 Å². The first-order valence-corrected chi connectivity index (χ1v) is 7.03. The number of halogens is 1. The summed E-state index contributed by atoms with van der Waals surface area (Å²) in [7, 11) is 0. The van der Waals surface area contributed by atoms with Crippen molar-refractivity contribution in [1.82, 2.24) is 24.5 Å². The van der Waals surface area contributed by atoms with E-state index in [1.807, 2.05) is 13.0 Å². The lowest BCUT2D eigenvalue weighted by Crippen LogP contribution is -2.20. The molecular weight excluding hydrogens is 299 g/mol. The van der Waals surface area contributed by atoms with Crippen molar-refractivity contribution in [1.29, 1.82) is 0 Å². The standard InChI is InChI=1S/C15H15FN6O/c1-11-6-7-21(19-11)9-14(23)18-15-17-10-22(20-15)8-12-4-2-3-5-13(12)16/h2-7,10H,8-9H2,1H3,(H,18,20,23). The minimum Gasteiger partial charge on any atom is -0.292 e. The Morgan fingerprint density at radius 3 is 2.78 bits per heavy atom. The van der Waals surface area contributed by atoms with E-state index in [1.54, 1.807) is 24.4 Å². The molecule has 0 bridgehead atoms. The number of anilines is 1. The summed E-state index contributed by atoms with van der Waals surface area (Å²) in [5.41, 5.74) is 1.34. The number of carbonyl (C=O) groups excluding carboxylic acids is 1. The quantitative estimate of drug-likeness (QED) is 0.776. The zero-order valence-corrected chi connectivity index (χ0v) is 12.5. The Balaban J connectivity index is 1.61. The molecule has 0 unspecified atom stereocenters. The van der Waals surface area contributed by atoms with Gasteiger partial charge >= 0.3 is 0 Å². The number of hydrogen-bond donors (Lipinski definition) is 1. The molecule has 0 aliphatic carbocycles. The third-order valence-corrected chi connectivity index (χ3v) is 3.16. The van der Waals surface area contributed by atoms with Crippen molar-refractivity contribution in [2.45, 2.75) is 20.0 Å². The van der Waals surface area contributed by atoms with Crippen molar-refractivity contribution < 1.29 is 9.18 Å². The number of benzene rings is 1. The maximum atomic E-state index is 13.6. The van der Waals surface area contributed by atoms with Gasteiger partial charge < -0.3 is 0 Å². The van der Waals surface area contributed by atoms with Gasteiger partial charge in [0.2, 0.25) is 11.9 Å². The van der Waals surface area contributed by atoms with Crippen molar-refractivity contribution >= 4 is 11.9 Å². The van der Waals surface area contributed by atoms with Gasteiger partial charge in [0.25, 0.3) is 0 Å². The van der Waals surface area contributed by atoms with Crippen LogP contribution in [0.5, 0.6) is 0 Å². The number of carbonyl (C=O) groups is 1. The highest BCUT2D eigenvalue weighted by molar-refractivity contribution is 5.88. The highest BCUT2D eigenvalue weighted by atomic mass is 19.1. The third kappa shape index (κ3) is 3.79. The molecule has 0 aliphatic heterocycles. The molecule has 1 aromatic carbocycles. The van der Waals surface area contributed by atoms with Gasteiger partial charge in [-0.25, -0.2) is 14.1 Å². The summed E-state index contributed by atoms with van der Waals surface area (Å²) in [5.74, 6) is -0.408. The lowest BCUT2D eigenvalue weighted by Gasteiger charge is -2.03. The molecule has 0 atom stereocenters. The highest BCUT2D eigenvalue weighted by Crippen LogP contribution is 2.08. The molecule has 1 amide bonds. The molecule has 0 aliphatic rings. The number of rotatable bonds is 5. The van der Waals surface area contributed by atoms with Crippen LogP contribution < -0.4 is 5.32 Å². The molecule has 0 radical (unpaired) electrons. The van der Waals surface area contributed by atoms with Crippen molar-refractivity contribution in [3.05, 3.63) is 59.9 Å². The van der Waals surface area contributed by atoms with Crippen LogP contribution in [0.3, 0.4) is 0 Å². The van der Waals surface area contributed by atoms with E-state index in [9.17, 15) is 9.18 Å². The van der Waals surface area contributed by atoms with Gasteiger partial charge in [-0.3, -0.25) is 14.8 Å². The smallest absolute Gasteiger partial charge is 0.248 e. The molecule has 8 heteroatoms. The van der Waals surface area contributed by atoms with Crippen LogP contribution in [0.25, 0.3) is 0 Å². The summed E-state index contributed by atoms with van der Waals surface area (Å²) in [6.45, 7) is 2.17. The Kier molecular flexibility index (Phi) is 4.13. The molecule has 7 nitrogen and oxygen atoms in total. The predicted octanol–water partition coefficient (Wildman–Crippen LogP) is 1.61. The Bertz CT molecular complexity index is 825. The summed E-state index contributed by atoms with van der Waals surface area (Å²) in [6.07, 6.45) is 3.17. The van der Waals surface area contributed by atoms with Crippen LogP contribution in [0.2, 0.25) is 0 Å². The number of amides is 1. The molecule has 0 fully saturated rings. The average Bonchev–Trinajstić information content (AvgIpc) is 3.11. The van der Waals surface area contributed by atoms with Crippen LogP contribution in [-0.4, -0.2) is 30.5 Å². The number of nitrogens with one attached hydrogen (secondary N) is 1. The topological polar surface area (TPSA) is 77.6 Å². The van der Waals surface area contributed by atoms with Gasteiger partial charge in [-0.05, 0) is 19.1 Å². The van der Waals surface area contributed by atoms with Gasteiger partial charge in [0.1, 0.15) is 18.7 Å². The molecular formula is C15H15FN6O. The van der Waals surface area contributed by atoms with E-state index in [4.69, 9.17) is 0 Å². The first-order valence-electron chi connectivity index (χ1n) is 7.03. The van der Waals surface area contributed by atoms with Crippen LogP contribution in [0.1, 0.15) is 11.3 Å². The Hall–Kier alpha value is -3.03. The molecule has 0 saturated carbocycles. The molecule has 0 spiro atoms. The molecule has 3 rings (SSSR count). The van der Waals surface area contributed by atoms with Gasteiger partial charge in [-0.1, -0.05) is 18.2 Å². The van der Waals surface area contributed by atoms with Gasteiger partial charge in [0.15, 0.2) is 0 Å². The van der Waals surface area contributed by atoms with E-state index in [-0.39, 0.29) is 30.8 Å². The summed E-state index contributed by atoms with van der Waals surface area (Å²) in [5, 5.41) is 10.8. The van der Waals surface area contributed by atoms with Crippen molar-refractivity contribution in [3.63, 3.8) is 0 Å². The average molecular weight is 314 g/mol. The van der Waals surface area contributed by atoms with E-state index in [2.05, 4.69) is 20.5 Å². The van der Waals surface area contributed by atoms with Crippen LogP contribution in [0.15, 0.2) is 42.9 Å². The fourth-order valence-electron chi connectivity index (χ4n) is 2.09. The zero-order chi connectivity index (χ0) is 16.2. The summed E-state index contributed by atoms with van der Waals surface area (Å²) in [6, 6.07) is 8.26. The lowest BCUT2D eigenvalue weighted by atomic mass is 10.2. The number of nitrogens with zero attached hydrogens (tertiary/aromatic N) is 5. The normalized spacial score (nSPS) is 10.7. The zero-order valence-electron chi connectivity index (χ0n) is 12.5. The highest BCUT2D eigenvalue weighted by Gasteiger charge is 2.09. The van der Waals surface area contributed by atoms with Crippen LogP contribution in [0.4, 0.5) is 10.3 Å². The maximum Gasteiger partial charge on any atom is 0.248 e. The van der Waals surface area contributed by atoms with Gasteiger partial charge in [-0.2, -0.15) is 5.10 Å². The van der Waals surface area contributed by atoms with E-state index in [0.29, 0.717) is 5.56 Å². The Morgan fingerprint density at radius 1 is 1.22 bits per heavy atom. The maximum absolute atomic E-state index is 13.6. The van der Waals surface area contributed by atoms with Gasteiger partial charge in [-0.15, -0.1) is 5.10 Å². The second-order valence-electron chi connectivity index (χ2n) is 5.06. The molecule has 1 N–H and O–H groups in total. The fraction of sp³-hybridized carbons (Fsp3) is 0.200. The van der Waals surface area contributed by atoms with E-state index in [0.717, 1.165) is 5.69 Å². The lowest BCUT2D eigenvalue weighted by molar-refractivity contribution is -0.116. The van der Waals surface area contributed by atoms with Crippen LogP contribution in [0, 0.1) is 12.7 Å². The molecule has 2 heterocycles. The largest absolute Gasteiger partial charge is 0.292 e. The molecule has 118 valence electrons. The number of hydrogen-bond acceptors (Lipinski definition) is 4. The fourth-order valence-corrected chi connectivity index (χ4v) is 2.09. The third-order valence-electron chi connectivity index (χ3n) is 3.16. The summed E-state index contributed by atoms with van der Waals surface area (Å²) >= 11 is 0. The van der Waals surface area contributed by atoms with Crippen LogP contribution in [-0.2, 0) is 17.9 Å². The van der Waals surface area contributed by atoms with Gasteiger partial charge in [0, 0.05) is 11.8 Å². The van der Waals surface area contributed by atoms with Crippen molar-refractivity contribution in [3.8, 4) is 0 Å². The van der Waals surface area contributed by atoms with E-state index >= 15 is 0 Å². The Labute approximate surface area is 131 Å². The summed E-state index contributed by atoms with van der Waals surface area (Å²) in [4.78, 5) is 15.9. The Morgan fingerprint density at radius 2 is 2.04 bits per heavy atom. The van der Waals surface area contributed by atoms with Crippen molar-refractivity contribution in [2.75, 3.05) is 5.32 Å². The first kappa shape index (κ1) is 14.9. The minimum absolute atomic E-state index is 0.0791. The number of aryl methyl sites for hydroxylation is 1. The van der Waals surface area contributed by atoms with Crippen molar-refractivity contribution in [2.24, 2.45) is 0 Å². The SMILES string of the molecule is Cc1ccn(CC(=O)Nc2ncn(Cc3ccccc3F)n2)n1. The van der Waals surface area contributed by atoms with E-state index in [1.165, 1.54) is 21.8 Å². The molecule has 2 aromatic heterocycles.